The van der Waals surface area contributed by atoms with Gasteiger partial charge in [-0.1, -0.05) is 12.1 Å². The van der Waals surface area contributed by atoms with Gasteiger partial charge in [0.05, 0.1) is 12.5 Å². The zero-order valence-electron chi connectivity index (χ0n) is 13.1. The third-order valence-corrected chi connectivity index (χ3v) is 4.17. The van der Waals surface area contributed by atoms with Crippen molar-refractivity contribution in [1.82, 2.24) is 20.4 Å². The second-order valence-electron chi connectivity index (χ2n) is 5.80. The van der Waals surface area contributed by atoms with Crippen LogP contribution >= 0.6 is 0 Å². The third-order valence-electron chi connectivity index (χ3n) is 4.17. The predicted octanol–water partition coefficient (Wildman–Crippen LogP) is 1.56. The summed E-state index contributed by atoms with van der Waals surface area (Å²) in [5.74, 6) is 1.53. The lowest BCUT2D eigenvalue weighted by molar-refractivity contribution is -0.0450. The van der Waals surface area contributed by atoms with Crippen LogP contribution in [-0.2, 0) is 4.74 Å². The van der Waals surface area contributed by atoms with Crippen molar-refractivity contribution in [2.75, 3.05) is 26.7 Å². The molecule has 1 saturated heterocycles. The first-order valence-electron chi connectivity index (χ1n) is 7.39. The van der Waals surface area contributed by atoms with E-state index in [9.17, 15) is 0 Å². The molecule has 114 valence electrons. The molecule has 0 aliphatic carbocycles. The highest BCUT2D eigenvalue weighted by Crippen LogP contribution is 2.24. The molecular weight excluding hydrogens is 256 g/mol. The molecule has 0 spiro atoms. The Bertz CT molecular complexity index is 421. The van der Waals surface area contributed by atoms with E-state index in [0.29, 0.717) is 23.8 Å². The van der Waals surface area contributed by atoms with Crippen LogP contribution in [0.4, 0.5) is 0 Å². The molecular formula is C14H26N4O2. The number of nitrogens with one attached hydrogen (secondary N) is 1. The highest BCUT2D eigenvalue weighted by Gasteiger charge is 2.28. The smallest absolute Gasteiger partial charge is 0.231 e. The zero-order chi connectivity index (χ0) is 14.7. The summed E-state index contributed by atoms with van der Waals surface area (Å²) in [6, 6.07) is 0.804. The van der Waals surface area contributed by atoms with Gasteiger partial charge in [-0.2, -0.15) is 4.98 Å². The van der Waals surface area contributed by atoms with E-state index in [4.69, 9.17) is 9.26 Å². The van der Waals surface area contributed by atoms with Gasteiger partial charge in [0.15, 0.2) is 0 Å². The molecule has 2 heterocycles. The molecule has 3 unspecified atom stereocenters. The molecule has 20 heavy (non-hydrogen) atoms. The molecule has 0 saturated carbocycles. The summed E-state index contributed by atoms with van der Waals surface area (Å²) in [6.45, 7) is 11.1. The fraction of sp³-hybridized carbons (Fsp3) is 0.857. The van der Waals surface area contributed by atoms with Gasteiger partial charge in [-0.15, -0.1) is 0 Å². The van der Waals surface area contributed by atoms with E-state index in [1.807, 2.05) is 7.05 Å². The Morgan fingerprint density at radius 1 is 1.30 bits per heavy atom. The van der Waals surface area contributed by atoms with Crippen LogP contribution in [0.25, 0.3) is 0 Å². The van der Waals surface area contributed by atoms with Crippen LogP contribution in [0.3, 0.4) is 0 Å². The molecule has 6 nitrogen and oxygen atoms in total. The summed E-state index contributed by atoms with van der Waals surface area (Å²) in [4.78, 5) is 6.91. The second kappa shape index (κ2) is 6.65. The van der Waals surface area contributed by atoms with E-state index in [0.717, 1.165) is 19.7 Å². The number of hydrogen-bond acceptors (Lipinski definition) is 6. The Morgan fingerprint density at radius 3 is 2.70 bits per heavy atom. The summed E-state index contributed by atoms with van der Waals surface area (Å²) in [5, 5.41) is 7.31. The van der Waals surface area contributed by atoms with E-state index in [1.54, 1.807) is 0 Å². The first-order chi connectivity index (χ1) is 9.52. The monoisotopic (exact) mass is 282 g/mol. The van der Waals surface area contributed by atoms with Gasteiger partial charge in [0.1, 0.15) is 6.10 Å². The van der Waals surface area contributed by atoms with Crippen molar-refractivity contribution in [3.63, 3.8) is 0 Å². The van der Waals surface area contributed by atoms with Crippen molar-refractivity contribution in [3.8, 4) is 0 Å². The van der Waals surface area contributed by atoms with Gasteiger partial charge in [0, 0.05) is 25.2 Å². The molecule has 1 aromatic rings. The molecule has 1 fully saturated rings. The Morgan fingerprint density at radius 2 is 2.05 bits per heavy atom. The lowest BCUT2D eigenvalue weighted by atomic mass is 10.0. The molecule has 1 N–H and O–H groups in total. The largest absolute Gasteiger partial charge is 0.367 e. The number of nitrogens with zero attached hydrogens (tertiary/aromatic N) is 3. The highest BCUT2D eigenvalue weighted by molar-refractivity contribution is 5.00. The maximum Gasteiger partial charge on any atom is 0.231 e. The average Bonchev–Trinajstić information content (AvgIpc) is 2.95. The molecule has 1 aliphatic heterocycles. The molecule has 1 aromatic heterocycles. The Hall–Kier alpha value is -0.980. The van der Waals surface area contributed by atoms with E-state index >= 15 is 0 Å². The minimum Gasteiger partial charge on any atom is -0.367 e. The van der Waals surface area contributed by atoms with Crippen molar-refractivity contribution in [2.24, 2.45) is 0 Å². The van der Waals surface area contributed by atoms with Crippen molar-refractivity contribution < 1.29 is 9.26 Å². The first kappa shape index (κ1) is 15.4. The number of ether oxygens (including phenoxy) is 1. The molecule has 2 rings (SSSR count). The molecule has 0 amide bonds. The lowest BCUT2D eigenvalue weighted by Crippen LogP contribution is -2.42. The van der Waals surface area contributed by atoms with Crippen LogP contribution in [0, 0.1) is 0 Å². The average molecular weight is 282 g/mol. The fourth-order valence-electron chi connectivity index (χ4n) is 2.32. The fourth-order valence-corrected chi connectivity index (χ4v) is 2.32. The van der Waals surface area contributed by atoms with Crippen LogP contribution in [0.5, 0.6) is 0 Å². The van der Waals surface area contributed by atoms with Gasteiger partial charge in [-0.3, -0.25) is 4.90 Å². The van der Waals surface area contributed by atoms with Crippen molar-refractivity contribution in [2.45, 2.75) is 51.8 Å². The molecule has 0 radical (unpaired) electrons. The Labute approximate surface area is 120 Å². The summed E-state index contributed by atoms with van der Waals surface area (Å²) in [7, 11) is 1.93. The van der Waals surface area contributed by atoms with Gasteiger partial charge in [0.2, 0.25) is 11.7 Å². The first-order valence-corrected chi connectivity index (χ1v) is 7.39. The van der Waals surface area contributed by atoms with E-state index in [2.05, 4.69) is 48.1 Å². The van der Waals surface area contributed by atoms with Gasteiger partial charge in [-0.25, -0.2) is 0 Å². The summed E-state index contributed by atoms with van der Waals surface area (Å²) < 4.78 is 11.2. The predicted molar refractivity (Wildman–Crippen MR) is 76.6 cm³/mol. The topological polar surface area (TPSA) is 63.4 Å². The normalized spacial score (nSPS) is 24.0. The molecule has 6 heteroatoms. The lowest BCUT2D eigenvalue weighted by Gasteiger charge is -2.34. The number of rotatable bonds is 5. The highest BCUT2D eigenvalue weighted by atomic mass is 16.5. The minimum absolute atomic E-state index is 0.0826. The zero-order valence-corrected chi connectivity index (χ0v) is 13.1. The maximum atomic E-state index is 5.78. The molecule has 0 bridgehead atoms. The van der Waals surface area contributed by atoms with Crippen LogP contribution < -0.4 is 5.32 Å². The van der Waals surface area contributed by atoms with Gasteiger partial charge < -0.3 is 14.6 Å². The maximum absolute atomic E-state index is 5.78. The van der Waals surface area contributed by atoms with Crippen LogP contribution in [-0.4, -0.2) is 53.9 Å². The second-order valence-corrected chi connectivity index (χ2v) is 5.80. The molecule has 1 aliphatic rings. The Kier molecular flexibility index (Phi) is 5.12. The van der Waals surface area contributed by atoms with Crippen molar-refractivity contribution >= 4 is 0 Å². The summed E-state index contributed by atoms with van der Waals surface area (Å²) >= 11 is 0. The molecule has 3 atom stereocenters. The number of likely N-dealkylation sites (N-methyl/N-ethyl adjacent to an activating group) is 1. The summed E-state index contributed by atoms with van der Waals surface area (Å²) in [6.07, 6.45) is -0.0826. The Balaban J connectivity index is 2.04. The number of hydrogen-bond donors (Lipinski definition) is 1. The number of aromatic nitrogens is 2. The van der Waals surface area contributed by atoms with E-state index < -0.39 is 0 Å². The third kappa shape index (κ3) is 3.37. The van der Waals surface area contributed by atoms with E-state index in [-0.39, 0.29) is 12.0 Å². The summed E-state index contributed by atoms with van der Waals surface area (Å²) in [5.41, 5.74) is 0. The van der Waals surface area contributed by atoms with Crippen LogP contribution in [0.1, 0.15) is 51.4 Å². The van der Waals surface area contributed by atoms with Gasteiger partial charge >= 0.3 is 0 Å². The van der Waals surface area contributed by atoms with E-state index in [1.165, 1.54) is 0 Å². The minimum atomic E-state index is -0.0826. The van der Waals surface area contributed by atoms with Gasteiger partial charge in [-0.05, 0) is 27.8 Å². The van der Waals surface area contributed by atoms with Gasteiger partial charge in [0.25, 0.3) is 0 Å². The van der Waals surface area contributed by atoms with Crippen molar-refractivity contribution in [3.05, 3.63) is 11.7 Å². The van der Waals surface area contributed by atoms with Crippen molar-refractivity contribution in [1.29, 1.82) is 0 Å². The number of morpholine rings is 1. The van der Waals surface area contributed by atoms with Crippen LogP contribution in [0.15, 0.2) is 4.52 Å². The molecule has 0 aromatic carbocycles. The quantitative estimate of drug-likeness (QED) is 0.884. The standard InChI is InChI=1S/C14H26N4O2/c1-9(2)18-6-7-19-12(8-18)13-16-14(20-17-13)10(3)11(4)15-5/h9-12,15H,6-8H2,1-5H3. The SMILES string of the molecule is CNC(C)C(C)c1nc(C2CN(C(C)C)CCO2)no1. The van der Waals surface area contributed by atoms with Crippen LogP contribution in [0.2, 0.25) is 0 Å².